The van der Waals surface area contributed by atoms with Crippen molar-refractivity contribution in [2.75, 3.05) is 19.0 Å². The van der Waals surface area contributed by atoms with Crippen LogP contribution < -0.4 is 15.2 Å². The van der Waals surface area contributed by atoms with Gasteiger partial charge in [-0.15, -0.1) is 0 Å². The number of ether oxygens (including phenoxy) is 1. The van der Waals surface area contributed by atoms with Gasteiger partial charge in [0.05, 0.1) is 19.1 Å². The van der Waals surface area contributed by atoms with Crippen molar-refractivity contribution in [2.24, 2.45) is 11.1 Å². The molecular weight excluding hydrogens is 406 g/mol. The Morgan fingerprint density at radius 2 is 2.07 bits per heavy atom. The van der Waals surface area contributed by atoms with E-state index in [0.717, 1.165) is 47.4 Å². The molecular formula is C20H25N5O4S. The Morgan fingerprint density at radius 1 is 1.23 bits per heavy atom. The van der Waals surface area contributed by atoms with E-state index in [9.17, 15) is 8.42 Å². The monoisotopic (exact) mass is 431 g/mol. The number of aromatic nitrogens is 3. The number of nitrogens with zero attached hydrogens (tertiary/aromatic N) is 3. The first-order valence-corrected chi connectivity index (χ1v) is 11.3. The maximum atomic E-state index is 11.0. The molecule has 0 aliphatic heterocycles. The lowest BCUT2D eigenvalue weighted by Crippen LogP contribution is -2.19. The van der Waals surface area contributed by atoms with Crippen LogP contribution in [0.1, 0.15) is 30.9 Å². The summed E-state index contributed by atoms with van der Waals surface area (Å²) in [5.74, 6) is 1.74. The third-order valence-electron chi connectivity index (χ3n) is 5.52. The lowest BCUT2D eigenvalue weighted by molar-refractivity contribution is 0.253. The molecule has 9 nitrogen and oxygen atoms in total. The number of benzene rings is 1. The zero-order valence-electron chi connectivity index (χ0n) is 16.7. The predicted molar refractivity (Wildman–Crippen MR) is 113 cm³/mol. The molecule has 1 fully saturated rings. The van der Waals surface area contributed by atoms with Gasteiger partial charge in [-0.3, -0.25) is 4.18 Å². The van der Waals surface area contributed by atoms with E-state index in [1.807, 2.05) is 36.5 Å². The molecule has 0 amide bonds. The number of nitrogens with two attached hydrogens (primary N) is 1. The van der Waals surface area contributed by atoms with E-state index in [2.05, 4.69) is 19.9 Å². The molecule has 4 rings (SSSR count). The molecule has 30 heavy (non-hydrogen) atoms. The Bertz CT molecular complexity index is 1130. The van der Waals surface area contributed by atoms with Crippen molar-refractivity contribution in [1.82, 2.24) is 14.5 Å². The van der Waals surface area contributed by atoms with Gasteiger partial charge in [0.15, 0.2) is 0 Å². The Hall–Kier alpha value is -2.69. The summed E-state index contributed by atoms with van der Waals surface area (Å²) in [6.07, 6.45) is 6.19. The fourth-order valence-electron chi connectivity index (χ4n) is 4.08. The molecule has 0 unspecified atom stereocenters. The summed E-state index contributed by atoms with van der Waals surface area (Å²) in [5.41, 5.74) is 1.89. The first-order valence-electron chi connectivity index (χ1n) is 9.79. The zero-order chi connectivity index (χ0) is 21.1. The minimum absolute atomic E-state index is 0.120. The molecule has 10 heteroatoms. The Morgan fingerprint density at radius 3 is 2.87 bits per heavy atom. The average Bonchev–Trinajstić information content (AvgIpc) is 3.37. The molecule has 1 aliphatic carbocycles. The number of anilines is 1. The van der Waals surface area contributed by atoms with E-state index in [4.69, 9.17) is 14.1 Å². The number of rotatable bonds is 8. The first kappa shape index (κ1) is 20.6. The summed E-state index contributed by atoms with van der Waals surface area (Å²) in [6.45, 7) is 0.701. The highest BCUT2D eigenvalue weighted by Crippen LogP contribution is 2.37. The average molecular weight is 432 g/mol. The van der Waals surface area contributed by atoms with Gasteiger partial charge in [-0.25, -0.2) is 15.1 Å². The van der Waals surface area contributed by atoms with Gasteiger partial charge in [0.2, 0.25) is 0 Å². The SMILES string of the molecule is COc1ccccc1CNc1ncnc2c1ccn2[C@H]1CC[C@H](COS(N)(=O)=O)C1. The van der Waals surface area contributed by atoms with Crippen LogP contribution >= 0.6 is 0 Å². The number of fused-ring (bicyclic) bond motifs is 1. The van der Waals surface area contributed by atoms with Crippen LogP contribution in [0.5, 0.6) is 5.75 Å². The first-order chi connectivity index (χ1) is 14.4. The van der Waals surface area contributed by atoms with Gasteiger partial charge in [-0.05, 0) is 37.3 Å². The highest BCUT2D eigenvalue weighted by Gasteiger charge is 2.28. The second-order valence-corrected chi connectivity index (χ2v) is 8.68. The Balaban J connectivity index is 1.48. The maximum Gasteiger partial charge on any atom is 0.333 e. The second kappa shape index (κ2) is 8.58. The van der Waals surface area contributed by atoms with Gasteiger partial charge in [0.25, 0.3) is 0 Å². The minimum atomic E-state index is -3.90. The minimum Gasteiger partial charge on any atom is -0.496 e. The third kappa shape index (κ3) is 4.55. The summed E-state index contributed by atoms with van der Waals surface area (Å²) >= 11 is 0. The van der Waals surface area contributed by atoms with Gasteiger partial charge in [-0.1, -0.05) is 18.2 Å². The van der Waals surface area contributed by atoms with Gasteiger partial charge in [-0.2, -0.15) is 8.42 Å². The summed E-state index contributed by atoms with van der Waals surface area (Å²) in [4.78, 5) is 8.90. The van der Waals surface area contributed by atoms with Crippen LogP contribution in [-0.4, -0.2) is 36.7 Å². The molecule has 0 spiro atoms. The van der Waals surface area contributed by atoms with Crippen molar-refractivity contribution in [2.45, 2.75) is 31.8 Å². The highest BCUT2D eigenvalue weighted by atomic mass is 32.2. The van der Waals surface area contributed by atoms with E-state index in [1.165, 1.54) is 0 Å². The van der Waals surface area contributed by atoms with Crippen LogP contribution in [-0.2, 0) is 21.0 Å². The number of nitrogens with one attached hydrogen (secondary N) is 1. The quantitative estimate of drug-likeness (QED) is 0.562. The smallest absolute Gasteiger partial charge is 0.333 e. The van der Waals surface area contributed by atoms with Crippen molar-refractivity contribution in [1.29, 1.82) is 0 Å². The fourth-order valence-corrected chi connectivity index (χ4v) is 4.46. The van der Waals surface area contributed by atoms with Gasteiger partial charge in [0, 0.05) is 24.3 Å². The van der Waals surface area contributed by atoms with Crippen LogP contribution in [0.25, 0.3) is 11.0 Å². The summed E-state index contributed by atoms with van der Waals surface area (Å²) in [6, 6.07) is 10.1. The van der Waals surface area contributed by atoms with Crippen LogP contribution in [0, 0.1) is 5.92 Å². The largest absolute Gasteiger partial charge is 0.496 e. The van der Waals surface area contributed by atoms with Crippen LogP contribution in [0.4, 0.5) is 5.82 Å². The standard InChI is InChI=1S/C20H25N5O4S/c1-28-18-5-3-2-4-15(18)11-22-19-17-8-9-25(20(17)24-13-23-19)16-7-6-14(10-16)12-29-30(21,26)27/h2-5,8-9,13-14,16H,6-7,10-12H2,1H3,(H2,21,26,27)(H,22,23,24)/t14-,16-/m0/s1. The zero-order valence-corrected chi connectivity index (χ0v) is 17.5. The van der Waals surface area contributed by atoms with E-state index in [1.54, 1.807) is 13.4 Å². The topological polar surface area (TPSA) is 121 Å². The van der Waals surface area contributed by atoms with Crippen molar-refractivity contribution in [3.05, 3.63) is 48.4 Å². The van der Waals surface area contributed by atoms with Crippen LogP contribution in [0.3, 0.4) is 0 Å². The Labute approximate surface area is 175 Å². The van der Waals surface area contributed by atoms with Gasteiger partial charge < -0.3 is 14.6 Å². The number of para-hydroxylation sites is 1. The molecule has 2 heterocycles. The summed E-state index contributed by atoms with van der Waals surface area (Å²) in [7, 11) is -2.24. The molecule has 0 bridgehead atoms. The Kier molecular flexibility index (Phi) is 5.89. The summed E-state index contributed by atoms with van der Waals surface area (Å²) in [5, 5.41) is 9.26. The van der Waals surface area contributed by atoms with E-state index >= 15 is 0 Å². The van der Waals surface area contributed by atoms with E-state index in [-0.39, 0.29) is 18.6 Å². The van der Waals surface area contributed by atoms with Crippen molar-refractivity contribution < 1.29 is 17.3 Å². The lowest BCUT2D eigenvalue weighted by Gasteiger charge is -2.15. The van der Waals surface area contributed by atoms with Crippen molar-refractivity contribution in [3.63, 3.8) is 0 Å². The molecule has 160 valence electrons. The molecule has 0 saturated heterocycles. The van der Waals surface area contributed by atoms with E-state index in [0.29, 0.717) is 6.54 Å². The number of hydrogen-bond donors (Lipinski definition) is 2. The fraction of sp³-hybridized carbons (Fsp3) is 0.400. The number of hydrogen-bond acceptors (Lipinski definition) is 7. The molecule has 3 N–H and O–H groups in total. The van der Waals surface area contributed by atoms with Crippen molar-refractivity contribution in [3.8, 4) is 5.75 Å². The van der Waals surface area contributed by atoms with Crippen molar-refractivity contribution >= 4 is 27.2 Å². The molecule has 1 aliphatic rings. The van der Waals surface area contributed by atoms with Crippen LogP contribution in [0.15, 0.2) is 42.9 Å². The highest BCUT2D eigenvalue weighted by molar-refractivity contribution is 7.84. The second-order valence-electron chi connectivity index (χ2n) is 7.46. The molecule has 2 atom stereocenters. The molecule has 0 radical (unpaired) electrons. The molecule has 1 aromatic carbocycles. The lowest BCUT2D eigenvalue weighted by atomic mass is 10.1. The van der Waals surface area contributed by atoms with Gasteiger partial charge in [0.1, 0.15) is 23.5 Å². The van der Waals surface area contributed by atoms with E-state index < -0.39 is 10.3 Å². The normalized spacial score (nSPS) is 19.3. The third-order valence-corrected chi connectivity index (χ3v) is 5.99. The maximum absolute atomic E-state index is 11.0. The number of methoxy groups -OCH3 is 1. The van der Waals surface area contributed by atoms with Gasteiger partial charge >= 0.3 is 10.3 Å². The predicted octanol–water partition coefficient (Wildman–Crippen LogP) is 2.61. The van der Waals surface area contributed by atoms with Crippen LogP contribution in [0.2, 0.25) is 0 Å². The molecule has 1 saturated carbocycles. The molecule has 3 aromatic rings. The molecule has 2 aromatic heterocycles. The summed E-state index contributed by atoms with van der Waals surface area (Å²) < 4.78 is 34.4.